The first kappa shape index (κ1) is 12.8. The summed E-state index contributed by atoms with van der Waals surface area (Å²) >= 11 is 0. The van der Waals surface area contributed by atoms with Gasteiger partial charge in [0.15, 0.2) is 11.6 Å². The number of rotatable bonds is 0. The second-order valence-corrected chi connectivity index (χ2v) is 6.24. The molecule has 0 saturated carbocycles. The van der Waals surface area contributed by atoms with E-state index in [0.29, 0.717) is 6.61 Å². The predicted octanol–water partition coefficient (Wildman–Crippen LogP) is 1.45. The van der Waals surface area contributed by atoms with E-state index >= 15 is 0 Å². The third-order valence-electron chi connectivity index (χ3n) is 3.72. The lowest BCUT2D eigenvalue weighted by Crippen LogP contribution is -2.62. The monoisotopic (exact) mass is 258 g/mol. The van der Waals surface area contributed by atoms with Gasteiger partial charge in [-0.05, 0) is 34.6 Å². The lowest BCUT2D eigenvalue weighted by Gasteiger charge is -2.48. The number of fused-ring (bicyclic) bond motifs is 3. The van der Waals surface area contributed by atoms with Gasteiger partial charge in [0.25, 0.3) is 0 Å². The van der Waals surface area contributed by atoms with Gasteiger partial charge in [0, 0.05) is 0 Å². The van der Waals surface area contributed by atoms with Crippen molar-refractivity contribution in [3.63, 3.8) is 0 Å². The van der Waals surface area contributed by atoms with Gasteiger partial charge < -0.3 is 23.7 Å². The molecule has 3 rings (SSSR count). The molecule has 5 atom stereocenters. The van der Waals surface area contributed by atoms with Crippen molar-refractivity contribution >= 4 is 0 Å². The minimum Gasteiger partial charge on any atom is -0.367 e. The van der Waals surface area contributed by atoms with E-state index in [2.05, 4.69) is 0 Å². The van der Waals surface area contributed by atoms with E-state index in [4.69, 9.17) is 23.7 Å². The van der Waals surface area contributed by atoms with E-state index in [1.54, 1.807) is 0 Å². The van der Waals surface area contributed by atoms with Crippen molar-refractivity contribution in [1.29, 1.82) is 0 Å². The first-order chi connectivity index (χ1) is 8.27. The number of ether oxygens (including phenoxy) is 5. The molecule has 3 fully saturated rings. The molecule has 3 aliphatic rings. The Hall–Kier alpha value is -0.200. The Labute approximate surface area is 108 Å². The maximum Gasteiger partial charge on any atom is 0.164 e. The van der Waals surface area contributed by atoms with Gasteiger partial charge in [-0.2, -0.15) is 0 Å². The molecule has 3 aliphatic heterocycles. The summed E-state index contributed by atoms with van der Waals surface area (Å²) in [6, 6.07) is 0. The highest BCUT2D eigenvalue weighted by Crippen LogP contribution is 2.41. The number of hydrogen-bond acceptors (Lipinski definition) is 5. The molecular weight excluding hydrogens is 236 g/mol. The fourth-order valence-electron chi connectivity index (χ4n) is 3.00. The minimum atomic E-state index is -0.592. The lowest BCUT2D eigenvalue weighted by atomic mass is 9.94. The van der Waals surface area contributed by atoms with Gasteiger partial charge in [-0.3, -0.25) is 0 Å². The quantitative estimate of drug-likeness (QED) is 0.658. The Bertz CT molecular complexity index is 340. The van der Waals surface area contributed by atoms with Crippen molar-refractivity contribution in [3.05, 3.63) is 0 Å². The van der Waals surface area contributed by atoms with E-state index < -0.39 is 11.6 Å². The fourth-order valence-corrected chi connectivity index (χ4v) is 3.00. The van der Waals surface area contributed by atoms with Crippen molar-refractivity contribution in [3.8, 4) is 0 Å². The van der Waals surface area contributed by atoms with Crippen molar-refractivity contribution < 1.29 is 23.7 Å². The van der Waals surface area contributed by atoms with Gasteiger partial charge in [-0.25, -0.2) is 0 Å². The van der Waals surface area contributed by atoms with Gasteiger partial charge in [-0.1, -0.05) is 0 Å². The van der Waals surface area contributed by atoms with Crippen molar-refractivity contribution in [2.24, 2.45) is 0 Å². The molecule has 0 amide bonds. The van der Waals surface area contributed by atoms with Crippen LogP contribution in [0.3, 0.4) is 0 Å². The zero-order chi connectivity index (χ0) is 13.1. The Morgan fingerprint density at radius 2 is 1.44 bits per heavy atom. The highest BCUT2D eigenvalue weighted by Gasteiger charge is 2.57. The third-order valence-corrected chi connectivity index (χ3v) is 3.72. The lowest BCUT2D eigenvalue weighted by molar-refractivity contribution is -0.347. The highest BCUT2D eigenvalue weighted by atomic mass is 16.8. The van der Waals surface area contributed by atoms with Crippen LogP contribution in [0.5, 0.6) is 0 Å². The van der Waals surface area contributed by atoms with Crippen LogP contribution in [-0.4, -0.2) is 48.7 Å². The zero-order valence-corrected chi connectivity index (χ0v) is 11.6. The molecule has 0 bridgehead atoms. The van der Waals surface area contributed by atoms with Gasteiger partial charge in [0.2, 0.25) is 0 Å². The van der Waals surface area contributed by atoms with Gasteiger partial charge in [0.1, 0.15) is 24.4 Å². The highest BCUT2D eigenvalue weighted by molar-refractivity contribution is 5.00. The molecular formula is C13H22O5. The summed E-state index contributed by atoms with van der Waals surface area (Å²) < 4.78 is 29.5. The van der Waals surface area contributed by atoms with Crippen LogP contribution in [0.2, 0.25) is 0 Å². The molecule has 0 radical (unpaired) electrons. The smallest absolute Gasteiger partial charge is 0.164 e. The molecule has 0 aromatic carbocycles. The summed E-state index contributed by atoms with van der Waals surface area (Å²) in [7, 11) is 0. The molecule has 0 N–H and O–H groups in total. The molecule has 104 valence electrons. The van der Waals surface area contributed by atoms with E-state index in [-0.39, 0.29) is 30.5 Å². The van der Waals surface area contributed by atoms with Crippen LogP contribution in [0, 0.1) is 0 Å². The topological polar surface area (TPSA) is 46.2 Å². The Morgan fingerprint density at radius 3 is 2.17 bits per heavy atom. The molecule has 5 heteroatoms. The Kier molecular flexibility index (Phi) is 2.78. The maximum absolute atomic E-state index is 6.00. The number of hydrogen-bond donors (Lipinski definition) is 0. The average Bonchev–Trinajstić information content (AvgIpc) is 2.56. The van der Waals surface area contributed by atoms with Crippen molar-refractivity contribution in [2.45, 2.75) is 76.7 Å². The molecule has 0 unspecified atom stereocenters. The van der Waals surface area contributed by atoms with E-state index in [9.17, 15) is 0 Å². The summed E-state index contributed by atoms with van der Waals surface area (Å²) in [5.74, 6) is -1.17. The molecule has 3 heterocycles. The fraction of sp³-hybridized carbons (Fsp3) is 1.00. The second-order valence-electron chi connectivity index (χ2n) is 6.24. The summed E-state index contributed by atoms with van der Waals surface area (Å²) in [5.41, 5.74) is 0. The van der Waals surface area contributed by atoms with Gasteiger partial charge in [0.05, 0.1) is 12.7 Å². The second kappa shape index (κ2) is 3.90. The van der Waals surface area contributed by atoms with Crippen molar-refractivity contribution in [1.82, 2.24) is 0 Å². The van der Waals surface area contributed by atoms with E-state index in [0.717, 1.165) is 0 Å². The van der Waals surface area contributed by atoms with Crippen LogP contribution in [0.4, 0.5) is 0 Å². The molecule has 0 aliphatic carbocycles. The zero-order valence-electron chi connectivity index (χ0n) is 11.6. The normalized spacial score (nSPS) is 49.5. The summed E-state index contributed by atoms with van der Waals surface area (Å²) in [6.07, 6.45) is -0.373. The predicted molar refractivity (Wildman–Crippen MR) is 63.1 cm³/mol. The minimum absolute atomic E-state index is 0.00793. The van der Waals surface area contributed by atoms with Crippen LogP contribution >= 0.6 is 0 Å². The molecule has 5 nitrogen and oxygen atoms in total. The molecule has 0 aromatic rings. The summed E-state index contributed by atoms with van der Waals surface area (Å²) in [6.45, 7) is 10.2. The summed E-state index contributed by atoms with van der Waals surface area (Å²) in [4.78, 5) is 0. The Morgan fingerprint density at radius 1 is 0.833 bits per heavy atom. The molecule has 18 heavy (non-hydrogen) atoms. The van der Waals surface area contributed by atoms with Crippen LogP contribution in [-0.2, 0) is 23.7 Å². The molecule has 0 spiro atoms. The third kappa shape index (κ3) is 2.08. The first-order valence-electron chi connectivity index (χ1n) is 6.60. The maximum atomic E-state index is 6.00. The Balaban J connectivity index is 1.84. The largest absolute Gasteiger partial charge is 0.367 e. The SMILES string of the molecule is C[C@@H]1O[C@@H]2COC(C)(C)O[C@H]2[C@@H]2OC(C)(C)O[C@@H]21. The van der Waals surface area contributed by atoms with Crippen LogP contribution < -0.4 is 0 Å². The van der Waals surface area contributed by atoms with Gasteiger partial charge in [-0.15, -0.1) is 0 Å². The van der Waals surface area contributed by atoms with Gasteiger partial charge >= 0.3 is 0 Å². The average molecular weight is 258 g/mol. The van der Waals surface area contributed by atoms with Crippen LogP contribution in [0.15, 0.2) is 0 Å². The standard InChI is InChI=1S/C13H22O5/c1-7-9-11(18-13(4,5)16-9)10-8(15-7)6-14-12(2,3)17-10/h7-11H,6H2,1-5H3/t7-,8+,9+,10+,11+/m0/s1. The van der Waals surface area contributed by atoms with Crippen molar-refractivity contribution in [2.75, 3.05) is 6.61 Å². The van der Waals surface area contributed by atoms with E-state index in [1.807, 2.05) is 34.6 Å². The first-order valence-corrected chi connectivity index (χ1v) is 6.60. The van der Waals surface area contributed by atoms with E-state index in [1.165, 1.54) is 0 Å². The molecule has 3 saturated heterocycles. The molecule has 0 aromatic heterocycles. The van der Waals surface area contributed by atoms with Crippen LogP contribution in [0.25, 0.3) is 0 Å². The van der Waals surface area contributed by atoms with Crippen LogP contribution in [0.1, 0.15) is 34.6 Å². The summed E-state index contributed by atoms with van der Waals surface area (Å²) in [5, 5.41) is 0.